The molecule has 0 radical (unpaired) electrons. The Kier molecular flexibility index (Phi) is 7.06. The summed E-state index contributed by atoms with van der Waals surface area (Å²) >= 11 is 5.27. The predicted octanol–water partition coefficient (Wildman–Crippen LogP) is 0.934. The van der Waals surface area contributed by atoms with Gasteiger partial charge in [-0.3, -0.25) is 14.5 Å². The van der Waals surface area contributed by atoms with Crippen molar-refractivity contribution < 1.29 is 19.5 Å². The molecule has 2 aromatic heterocycles. The van der Waals surface area contributed by atoms with Gasteiger partial charge in [-0.05, 0) is 29.0 Å². The first kappa shape index (κ1) is 23.7. The van der Waals surface area contributed by atoms with Crippen LogP contribution in [0.1, 0.15) is 10.9 Å². The third kappa shape index (κ3) is 4.51. The summed E-state index contributed by atoms with van der Waals surface area (Å²) in [5.41, 5.74) is 1.10. The number of aliphatic carboxylic acids is 1. The number of aromatic nitrogens is 5. The van der Waals surface area contributed by atoms with E-state index in [4.69, 9.17) is 0 Å². The van der Waals surface area contributed by atoms with Crippen molar-refractivity contribution in [3.8, 4) is 0 Å². The topological polar surface area (TPSA) is 156 Å². The summed E-state index contributed by atoms with van der Waals surface area (Å²) in [4.78, 5) is 47.1. The summed E-state index contributed by atoms with van der Waals surface area (Å²) in [6, 6.07) is -0.806. The molecular weight excluding hydrogens is 509 g/mol. The Morgan fingerprint density at radius 3 is 2.88 bits per heavy atom. The van der Waals surface area contributed by atoms with E-state index in [2.05, 4.69) is 37.5 Å². The average molecular weight is 527 g/mol. The number of aliphatic imine (C=N–C) groups is 1. The zero-order valence-electron chi connectivity index (χ0n) is 17.4. The fraction of sp³-hybridized carbons (Fsp3) is 0.412. The lowest BCUT2D eigenvalue weighted by atomic mass is 10.0. The highest BCUT2D eigenvalue weighted by molar-refractivity contribution is 8.01. The fourth-order valence-corrected chi connectivity index (χ4v) is 7.06. The van der Waals surface area contributed by atoms with Gasteiger partial charge in [0.05, 0.1) is 5.69 Å². The number of tetrazole rings is 1. The van der Waals surface area contributed by atoms with Crippen molar-refractivity contribution in [1.82, 2.24) is 35.4 Å². The number of carboxylic acids is 1. The van der Waals surface area contributed by atoms with Crippen molar-refractivity contribution in [3.05, 3.63) is 22.3 Å². The normalized spacial score (nSPS) is 20.8. The number of amides is 2. The van der Waals surface area contributed by atoms with Gasteiger partial charge in [0.2, 0.25) is 16.2 Å². The number of carboxylic acid groups (broad SMARTS) is 1. The van der Waals surface area contributed by atoms with Crippen molar-refractivity contribution in [2.75, 3.05) is 17.8 Å². The third-order valence-electron chi connectivity index (χ3n) is 4.89. The van der Waals surface area contributed by atoms with Gasteiger partial charge in [-0.2, -0.15) is 0 Å². The molecular formula is C17H18N8O4S4. The van der Waals surface area contributed by atoms with Crippen molar-refractivity contribution in [3.63, 3.8) is 0 Å². The lowest BCUT2D eigenvalue weighted by molar-refractivity contribution is -0.150. The van der Waals surface area contributed by atoms with Gasteiger partial charge in [-0.15, -0.1) is 40.0 Å². The maximum Gasteiger partial charge on any atom is 0.352 e. The molecule has 4 rings (SSSR count). The van der Waals surface area contributed by atoms with Crippen LogP contribution in [0.3, 0.4) is 0 Å². The second-order valence-electron chi connectivity index (χ2n) is 6.86. The number of carbonyl (C=O) groups excluding carboxylic acids is 2. The van der Waals surface area contributed by atoms with Crippen LogP contribution >= 0.6 is 46.6 Å². The summed E-state index contributed by atoms with van der Waals surface area (Å²) in [6.07, 6.45) is 1.77. The molecule has 2 aliphatic rings. The molecule has 1 saturated heterocycles. The molecule has 3 atom stereocenters. The van der Waals surface area contributed by atoms with Crippen molar-refractivity contribution in [1.29, 1.82) is 0 Å². The van der Waals surface area contributed by atoms with Crippen molar-refractivity contribution in [2.45, 2.75) is 21.8 Å². The van der Waals surface area contributed by atoms with Crippen LogP contribution in [0.25, 0.3) is 0 Å². The first-order chi connectivity index (χ1) is 15.8. The van der Waals surface area contributed by atoms with Crippen LogP contribution in [0.5, 0.6) is 0 Å². The molecule has 12 nitrogen and oxygen atoms in total. The molecule has 1 fully saturated rings. The molecule has 2 aromatic rings. The maximum absolute atomic E-state index is 12.9. The summed E-state index contributed by atoms with van der Waals surface area (Å²) in [5.74, 6) is -1.26. The van der Waals surface area contributed by atoms with E-state index in [0.29, 0.717) is 33.1 Å². The van der Waals surface area contributed by atoms with Gasteiger partial charge in [0.1, 0.15) is 22.4 Å². The molecule has 0 bridgehead atoms. The Balaban J connectivity index is 1.47. The van der Waals surface area contributed by atoms with E-state index >= 15 is 0 Å². The first-order valence-electron chi connectivity index (χ1n) is 9.36. The molecule has 2 N–H and O–H groups in total. The number of hydrogen-bond donors (Lipinski definition) is 2. The van der Waals surface area contributed by atoms with Crippen LogP contribution in [-0.2, 0) is 21.4 Å². The summed E-state index contributed by atoms with van der Waals surface area (Å²) in [7, 11) is 1.69. The summed E-state index contributed by atoms with van der Waals surface area (Å²) in [6.45, 7) is 3.43. The molecule has 16 heteroatoms. The van der Waals surface area contributed by atoms with Gasteiger partial charge >= 0.3 is 5.97 Å². The van der Waals surface area contributed by atoms with E-state index in [1.807, 2.05) is 0 Å². The van der Waals surface area contributed by atoms with Gasteiger partial charge in [-0.25, -0.2) is 19.5 Å². The van der Waals surface area contributed by atoms with E-state index < -0.39 is 28.5 Å². The highest BCUT2D eigenvalue weighted by Crippen LogP contribution is 2.42. The molecule has 33 heavy (non-hydrogen) atoms. The van der Waals surface area contributed by atoms with Gasteiger partial charge < -0.3 is 10.4 Å². The second kappa shape index (κ2) is 9.82. The average Bonchev–Trinajstić information content (AvgIpc) is 3.44. The Labute approximate surface area is 204 Å². The van der Waals surface area contributed by atoms with Crippen molar-refractivity contribution >= 4 is 76.3 Å². The Hall–Kier alpha value is -2.43. The first-order valence-corrected chi connectivity index (χ1v) is 13.6. The summed E-state index contributed by atoms with van der Waals surface area (Å²) < 4.78 is 1.49. The number of fused-ring (bicyclic) bond motifs is 1. The van der Waals surface area contributed by atoms with Crippen LogP contribution in [0.4, 0.5) is 5.13 Å². The minimum absolute atomic E-state index is 0.0421. The molecule has 2 aliphatic heterocycles. The quantitative estimate of drug-likeness (QED) is 0.272. The number of nitrogens with zero attached hydrogens (tertiary/aromatic N) is 7. The van der Waals surface area contributed by atoms with E-state index in [1.165, 1.54) is 56.2 Å². The highest BCUT2D eigenvalue weighted by Gasteiger charge is 2.54. The number of carbonyl (C=O) groups is 3. The monoisotopic (exact) mass is 526 g/mol. The van der Waals surface area contributed by atoms with Crippen LogP contribution < -0.4 is 5.32 Å². The molecule has 0 spiro atoms. The molecule has 4 heterocycles. The number of hydrogen-bond acceptors (Lipinski definition) is 12. The molecule has 0 aromatic carbocycles. The van der Waals surface area contributed by atoms with E-state index in [-0.39, 0.29) is 11.6 Å². The predicted molar refractivity (Wildman–Crippen MR) is 127 cm³/mol. The Bertz CT molecular complexity index is 1150. The molecule has 2 unspecified atom stereocenters. The standard InChI is InChI=1S/C17H18N8O4S4/c1-18-16-19-8(6-32-16)11(30-3)12(26)20-9-13(27)25-10(15(28)29)7(4-31-14(9)25)5-33-17-21-22-23-24(17)2/h6,9,11,14H,1,4-5H2,2-3H3,(H,20,26)(H,28,29)/t9?,11?,14-/m1/s1. The molecule has 0 aliphatic carbocycles. The van der Waals surface area contributed by atoms with Crippen LogP contribution in [0.2, 0.25) is 0 Å². The van der Waals surface area contributed by atoms with Gasteiger partial charge in [0, 0.05) is 23.9 Å². The van der Waals surface area contributed by atoms with E-state index in [0.717, 1.165) is 0 Å². The van der Waals surface area contributed by atoms with E-state index in [9.17, 15) is 19.5 Å². The zero-order chi connectivity index (χ0) is 23.7. The number of nitrogens with one attached hydrogen (secondary N) is 1. The number of aryl methyl sites for hydroxylation is 1. The minimum atomic E-state index is -1.18. The third-order valence-corrected chi connectivity index (χ3v) is 9.05. The SMILES string of the molecule is C=Nc1nc(C(SC)C(=O)NC2C(=O)N3C(C(=O)O)=C(CSc4nnnn4C)CS[C@H]23)cs1. The number of rotatable bonds is 9. The van der Waals surface area contributed by atoms with Gasteiger partial charge in [-0.1, -0.05) is 11.8 Å². The van der Waals surface area contributed by atoms with Crippen LogP contribution in [-0.4, -0.2) is 88.9 Å². The largest absolute Gasteiger partial charge is 0.477 e. The Morgan fingerprint density at radius 2 is 2.27 bits per heavy atom. The van der Waals surface area contributed by atoms with Gasteiger partial charge in [0.15, 0.2) is 0 Å². The van der Waals surface area contributed by atoms with E-state index in [1.54, 1.807) is 18.7 Å². The van der Waals surface area contributed by atoms with Crippen LogP contribution in [0, 0.1) is 0 Å². The van der Waals surface area contributed by atoms with Gasteiger partial charge in [0.25, 0.3) is 5.91 Å². The smallest absolute Gasteiger partial charge is 0.352 e. The molecule has 174 valence electrons. The highest BCUT2D eigenvalue weighted by atomic mass is 32.2. The van der Waals surface area contributed by atoms with Crippen LogP contribution in [0.15, 0.2) is 26.8 Å². The fourth-order valence-electron chi connectivity index (χ4n) is 3.35. The Morgan fingerprint density at radius 1 is 1.48 bits per heavy atom. The second-order valence-corrected chi connectivity index (χ2v) is 10.7. The molecule has 0 saturated carbocycles. The number of thiazole rings is 1. The lowest BCUT2D eigenvalue weighted by Crippen LogP contribution is -2.70. The summed E-state index contributed by atoms with van der Waals surface area (Å²) in [5, 5.41) is 25.4. The minimum Gasteiger partial charge on any atom is -0.477 e. The zero-order valence-corrected chi connectivity index (χ0v) is 20.6. The number of thioether (sulfide) groups is 3. The van der Waals surface area contributed by atoms with Crippen molar-refractivity contribution in [2.24, 2.45) is 12.0 Å². The maximum atomic E-state index is 12.9. The number of β-lactam (4-membered cyclic amide) rings is 1. The lowest BCUT2D eigenvalue weighted by Gasteiger charge is -2.49. The molecule has 2 amide bonds.